The molecule has 1 heterocycles. The molecular weight excluding hydrogens is 468 g/mol. The number of hydrogen-bond acceptors (Lipinski definition) is 6. The van der Waals surface area contributed by atoms with Gasteiger partial charge in [0.05, 0.1) is 6.61 Å². The van der Waals surface area contributed by atoms with E-state index in [4.69, 9.17) is 4.74 Å². The van der Waals surface area contributed by atoms with Crippen LogP contribution in [0.3, 0.4) is 0 Å². The smallest absolute Gasteiger partial charge is 0.285 e. The molecule has 10 heteroatoms. The third-order valence-corrected chi connectivity index (χ3v) is 6.39. The number of hydrazine groups is 1. The van der Waals surface area contributed by atoms with Crippen molar-refractivity contribution in [1.82, 2.24) is 15.8 Å². The van der Waals surface area contributed by atoms with Crippen LogP contribution in [0.5, 0.6) is 5.75 Å². The number of amidine groups is 1. The molecule has 2 amide bonds. The molecule has 2 N–H and O–H groups in total. The maximum absolute atomic E-state index is 13.0. The van der Waals surface area contributed by atoms with E-state index in [9.17, 15) is 18.0 Å². The van der Waals surface area contributed by atoms with Crippen molar-refractivity contribution in [2.75, 3.05) is 13.2 Å². The Morgan fingerprint density at radius 1 is 1.06 bits per heavy atom. The van der Waals surface area contributed by atoms with E-state index in [1.807, 2.05) is 20.8 Å². The van der Waals surface area contributed by atoms with Gasteiger partial charge in [-0.1, -0.05) is 25.5 Å². The van der Waals surface area contributed by atoms with Crippen molar-refractivity contribution in [3.05, 3.63) is 59.7 Å². The van der Waals surface area contributed by atoms with E-state index in [1.54, 1.807) is 42.5 Å². The summed E-state index contributed by atoms with van der Waals surface area (Å²) in [6, 6.07) is 13.1. The Bertz CT molecular complexity index is 1200. The summed E-state index contributed by atoms with van der Waals surface area (Å²) < 4.78 is 34.7. The summed E-state index contributed by atoms with van der Waals surface area (Å²) in [6.07, 6.45) is 1.97. The molecule has 0 spiro atoms. The minimum Gasteiger partial charge on any atom is -0.494 e. The van der Waals surface area contributed by atoms with Crippen molar-refractivity contribution in [1.29, 1.82) is 0 Å². The Kier molecular flexibility index (Phi) is 8.16. The maximum atomic E-state index is 13.0. The molecule has 188 valence electrons. The van der Waals surface area contributed by atoms with E-state index in [1.165, 1.54) is 11.1 Å². The molecule has 0 radical (unpaired) electrons. The normalized spacial score (nSPS) is 14.0. The van der Waals surface area contributed by atoms with Gasteiger partial charge in [-0.15, -0.1) is 4.40 Å². The first-order valence-electron chi connectivity index (χ1n) is 11.6. The summed E-state index contributed by atoms with van der Waals surface area (Å²) in [4.78, 5) is 25.5. The van der Waals surface area contributed by atoms with Crippen molar-refractivity contribution in [3.8, 4) is 5.75 Å². The van der Waals surface area contributed by atoms with Crippen LogP contribution in [0.2, 0.25) is 0 Å². The molecule has 1 aliphatic rings. The molecule has 2 aromatic rings. The van der Waals surface area contributed by atoms with Crippen LogP contribution in [0.25, 0.3) is 0 Å². The van der Waals surface area contributed by atoms with E-state index < -0.39 is 21.5 Å². The van der Waals surface area contributed by atoms with E-state index in [0.717, 1.165) is 12.8 Å². The quantitative estimate of drug-likeness (QED) is 0.424. The number of rotatable bonds is 8. The van der Waals surface area contributed by atoms with Gasteiger partial charge in [-0.3, -0.25) is 20.0 Å². The van der Waals surface area contributed by atoms with E-state index in [-0.39, 0.29) is 29.6 Å². The van der Waals surface area contributed by atoms with Gasteiger partial charge in [-0.05, 0) is 63.6 Å². The van der Waals surface area contributed by atoms with Crippen LogP contribution in [0.15, 0.2) is 57.8 Å². The second-order valence-corrected chi connectivity index (χ2v) is 10.8. The molecule has 0 atom stereocenters. The minimum absolute atomic E-state index is 0.0169. The van der Waals surface area contributed by atoms with Gasteiger partial charge in [0, 0.05) is 29.6 Å². The average molecular weight is 501 g/mol. The summed E-state index contributed by atoms with van der Waals surface area (Å²) >= 11 is 0. The Morgan fingerprint density at radius 3 is 2.40 bits per heavy atom. The molecule has 0 fully saturated rings. The van der Waals surface area contributed by atoms with Gasteiger partial charge in [-0.25, -0.2) is 0 Å². The number of fused-ring (bicyclic) bond motifs is 1. The monoisotopic (exact) mass is 500 g/mol. The molecule has 0 saturated carbocycles. The summed E-state index contributed by atoms with van der Waals surface area (Å²) in [5, 5.41) is 4.18. The first-order valence-corrected chi connectivity index (χ1v) is 13.0. The molecule has 9 nitrogen and oxygen atoms in total. The van der Waals surface area contributed by atoms with Gasteiger partial charge in [0.1, 0.15) is 10.6 Å². The number of sulfonamides is 1. The fourth-order valence-electron chi connectivity index (χ4n) is 3.42. The zero-order valence-corrected chi connectivity index (χ0v) is 21.3. The van der Waals surface area contributed by atoms with Crippen molar-refractivity contribution in [2.24, 2.45) is 4.40 Å². The summed E-state index contributed by atoms with van der Waals surface area (Å²) in [7, 11) is -3.91. The SMILES string of the molecule is CCCCOc1ccc(C(=O)NN(CCC(=O)NC(C)(C)C)C2=NS(=O)(=O)c3ccccc32)cc1. The van der Waals surface area contributed by atoms with Crippen LogP contribution in [0.4, 0.5) is 0 Å². The maximum Gasteiger partial charge on any atom is 0.285 e. The predicted octanol–water partition coefficient (Wildman–Crippen LogP) is 3.27. The van der Waals surface area contributed by atoms with Crippen molar-refractivity contribution in [3.63, 3.8) is 0 Å². The van der Waals surface area contributed by atoms with Crippen molar-refractivity contribution in [2.45, 2.75) is 57.4 Å². The van der Waals surface area contributed by atoms with Crippen LogP contribution >= 0.6 is 0 Å². The lowest BCUT2D eigenvalue weighted by Gasteiger charge is -2.26. The molecule has 3 rings (SSSR count). The molecule has 35 heavy (non-hydrogen) atoms. The van der Waals surface area contributed by atoms with Crippen LogP contribution in [0, 0.1) is 0 Å². The second-order valence-electron chi connectivity index (χ2n) is 9.25. The number of ether oxygens (including phenoxy) is 1. The lowest BCUT2D eigenvalue weighted by molar-refractivity contribution is -0.122. The van der Waals surface area contributed by atoms with Gasteiger partial charge in [0.25, 0.3) is 15.9 Å². The zero-order chi connectivity index (χ0) is 25.6. The highest BCUT2D eigenvalue weighted by atomic mass is 32.2. The molecule has 0 saturated heterocycles. The Balaban J connectivity index is 1.81. The largest absolute Gasteiger partial charge is 0.494 e. The predicted molar refractivity (Wildman–Crippen MR) is 134 cm³/mol. The number of benzene rings is 2. The summed E-state index contributed by atoms with van der Waals surface area (Å²) in [5.74, 6) is 0.0220. The number of carbonyl (C=O) groups excluding carboxylic acids is 2. The lowest BCUT2D eigenvalue weighted by Crippen LogP contribution is -2.48. The number of nitrogens with zero attached hydrogens (tertiary/aromatic N) is 2. The number of hydrogen-bond donors (Lipinski definition) is 2. The van der Waals surface area contributed by atoms with Gasteiger partial charge in [-0.2, -0.15) is 8.42 Å². The fourth-order valence-corrected chi connectivity index (χ4v) is 4.63. The van der Waals surface area contributed by atoms with Crippen LogP contribution < -0.4 is 15.5 Å². The Morgan fingerprint density at radius 2 is 1.74 bits per heavy atom. The number of unbranched alkanes of at least 4 members (excludes halogenated alkanes) is 1. The Hall–Kier alpha value is -3.40. The lowest BCUT2D eigenvalue weighted by atomic mass is 10.1. The highest BCUT2D eigenvalue weighted by Crippen LogP contribution is 2.27. The fraction of sp³-hybridized carbons (Fsp3) is 0.400. The molecule has 0 unspecified atom stereocenters. The number of amides is 2. The third-order valence-electron chi connectivity index (χ3n) is 5.06. The van der Waals surface area contributed by atoms with Crippen LogP contribution in [0.1, 0.15) is 62.9 Å². The van der Waals surface area contributed by atoms with Crippen LogP contribution in [-0.2, 0) is 14.8 Å². The van der Waals surface area contributed by atoms with Crippen molar-refractivity contribution >= 4 is 27.7 Å². The average Bonchev–Trinajstić information content (AvgIpc) is 3.07. The van der Waals surface area contributed by atoms with Gasteiger partial charge in [0.2, 0.25) is 5.91 Å². The van der Waals surface area contributed by atoms with Gasteiger partial charge in [0.15, 0.2) is 5.84 Å². The molecule has 0 aromatic heterocycles. The summed E-state index contributed by atoms with van der Waals surface area (Å²) in [6.45, 7) is 8.29. The van der Waals surface area contributed by atoms with E-state index >= 15 is 0 Å². The minimum atomic E-state index is -3.91. The molecular formula is C25H32N4O5S. The van der Waals surface area contributed by atoms with Crippen molar-refractivity contribution < 1.29 is 22.7 Å². The molecule has 0 bridgehead atoms. The highest BCUT2D eigenvalue weighted by Gasteiger charge is 2.32. The number of carbonyl (C=O) groups is 2. The highest BCUT2D eigenvalue weighted by molar-refractivity contribution is 7.90. The standard InChI is InChI=1S/C25H32N4O5S/c1-5-6-17-34-19-13-11-18(12-14-19)24(31)27-29(16-15-22(30)26-25(2,3)4)23-20-9-7-8-10-21(20)35(32,33)28-23/h7-14H,5-6,15-17H2,1-4H3,(H,26,30)(H,27,31). The molecule has 2 aromatic carbocycles. The molecule has 1 aliphatic heterocycles. The van der Waals surface area contributed by atoms with E-state index in [0.29, 0.717) is 23.5 Å². The first-order chi connectivity index (χ1) is 16.5. The summed E-state index contributed by atoms with van der Waals surface area (Å²) in [5.41, 5.74) is 3.02. The topological polar surface area (TPSA) is 117 Å². The third kappa shape index (κ3) is 7.05. The van der Waals surface area contributed by atoms with E-state index in [2.05, 4.69) is 22.1 Å². The zero-order valence-electron chi connectivity index (χ0n) is 20.5. The van der Waals surface area contributed by atoms with Crippen LogP contribution in [-0.4, -0.2) is 49.8 Å². The van der Waals surface area contributed by atoms with Gasteiger partial charge < -0.3 is 10.1 Å². The molecule has 0 aliphatic carbocycles. The van der Waals surface area contributed by atoms with Gasteiger partial charge >= 0.3 is 0 Å². The number of nitrogens with one attached hydrogen (secondary N) is 2. The second kappa shape index (κ2) is 10.9. The Labute approximate surface area is 206 Å². The first kappa shape index (κ1) is 26.2.